The highest BCUT2D eigenvalue weighted by Gasteiger charge is 2.50. The fourth-order valence-electron chi connectivity index (χ4n) is 2.79. The van der Waals surface area contributed by atoms with Crippen molar-refractivity contribution in [3.8, 4) is 0 Å². The van der Waals surface area contributed by atoms with E-state index in [4.69, 9.17) is 24.1 Å². The van der Waals surface area contributed by atoms with Gasteiger partial charge in [-0.25, -0.2) is 0 Å². The first-order valence-electron chi connectivity index (χ1n) is 7.46. The Morgan fingerprint density at radius 2 is 1.25 bits per heavy atom. The van der Waals surface area contributed by atoms with Crippen molar-refractivity contribution < 1.29 is 54.7 Å². The molecule has 142 valence electrons. The van der Waals surface area contributed by atoms with Crippen LogP contribution in [0.4, 0.5) is 0 Å². The first kappa shape index (κ1) is 19.9. The van der Waals surface area contributed by atoms with Crippen molar-refractivity contribution in [1.82, 2.24) is 0 Å². The molecule has 11 nitrogen and oxygen atoms in total. The summed E-state index contributed by atoms with van der Waals surface area (Å²) in [6, 6.07) is 0. The maximum absolute atomic E-state index is 10.1. The molecule has 0 aliphatic carbocycles. The van der Waals surface area contributed by atoms with Crippen LogP contribution in [0.1, 0.15) is 0 Å². The SMILES string of the molecule is CO[C@H]1[C@@H](O[C@@H]2[C@@H](O)[C@H](O)[C@@H](CO)O[C@@H]2O)O[C@H](CO)[C@@H](O)[C@@H]1O. The zero-order valence-corrected chi connectivity index (χ0v) is 13.0. The summed E-state index contributed by atoms with van der Waals surface area (Å²) in [6.07, 6.45) is -14.1. The molecule has 0 amide bonds. The average Bonchev–Trinajstić information content (AvgIpc) is 2.57. The zero-order valence-electron chi connectivity index (χ0n) is 13.0. The minimum Gasteiger partial charge on any atom is -0.394 e. The molecular formula is C13H24O11. The van der Waals surface area contributed by atoms with Gasteiger partial charge < -0.3 is 54.7 Å². The highest BCUT2D eigenvalue weighted by atomic mass is 16.7. The lowest BCUT2D eigenvalue weighted by Crippen LogP contribution is -2.64. The Bertz CT molecular complexity index is 396. The van der Waals surface area contributed by atoms with Gasteiger partial charge in [-0.15, -0.1) is 0 Å². The second-order valence-electron chi connectivity index (χ2n) is 5.74. The topological polar surface area (TPSA) is 179 Å². The van der Waals surface area contributed by atoms with E-state index < -0.39 is 74.6 Å². The van der Waals surface area contributed by atoms with E-state index in [0.29, 0.717) is 0 Å². The van der Waals surface area contributed by atoms with Gasteiger partial charge >= 0.3 is 0 Å². The summed E-state index contributed by atoms with van der Waals surface area (Å²) >= 11 is 0. The molecule has 2 fully saturated rings. The molecule has 2 saturated heterocycles. The summed E-state index contributed by atoms with van der Waals surface area (Å²) in [5.74, 6) is 0. The van der Waals surface area contributed by atoms with Gasteiger partial charge in [0.2, 0.25) is 0 Å². The van der Waals surface area contributed by atoms with E-state index in [0.717, 1.165) is 0 Å². The third-order valence-corrected chi connectivity index (χ3v) is 4.23. The number of hydrogen-bond acceptors (Lipinski definition) is 11. The molecule has 0 unspecified atom stereocenters. The molecule has 7 N–H and O–H groups in total. The summed E-state index contributed by atoms with van der Waals surface area (Å²) in [5.41, 5.74) is 0. The molecule has 2 aliphatic heterocycles. The van der Waals surface area contributed by atoms with Gasteiger partial charge in [-0.05, 0) is 0 Å². The van der Waals surface area contributed by atoms with Crippen LogP contribution < -0.4 is 0 Å². The predicted octanol–water partition coefficient (Wildman–Crippen LogP) is -4.74. The Morgan fingerprint density at radius 1 is 0.750 bits per heavy atom. The number of aliphatic hydroxyl groups is 7. The van der Waals surface area contributed by atoms with Crippen LogP contribution in [0.5, 0.6) is 0 Å². The molecule has 0 aromatic carbocycles. The van der Waals surface area contributed by atoms with E-state index in [9.17, 15) is 30.6 Å². The Morgan fingerprint density at radius 3 is 1.75 bits per heavy atom. The smallest absolute Gasteiger partial charge is 0.187 e. The van der Waals surface area contributed by atoms with Crippen molar-refractivity contribution in [2.75, 3.05) is 20.3 Å². The van der Waals surface area contributed by atoms with E-state index in [1.165, 1.54) is 7.11 Å². The Kier molecular flexibility index (Phi) is 6.87. The largest absolute Gasteiger partial charge is 0.394 e. The molecule has 0 bridgehead atoms. The van der Waals surface area contributed by atoms with E-state index in [1.807, 2.05) is 0 Å². The molecule has 2 rings (SSSR count). The summed E-state index contributed by atoms with van der Waals surface area (Å²) in [4.78, 5) is 0. The maximum atomic E-state index is 10.1. The lowest BCUT2D eigenvalue weighted by Gasteiger charge is -2.45. The Labute approximate surface area is 137 Å². The molecule has 2 heterocycles. The molecular weight excluding hydrogens is 332 g/mol. The van der Waals surface area contributed by atoms with Gasteiger partial charge in [0.1, 0.15) is 48.8 Å². The highest BCUT2D eigenvalue weighted by Crippen LogP contribution is 2.29. The fourth-order valence-corrected chi connectivity index (χ4v) is 2.79. The summed E-state index contributed by atoms with van der Waals surface area (Å²) < 4.78 is 20.6. The molecule has 24 heavy (non-hydrogen) atoms. The van der Waals surface area contributed by atoms with Crippen LogP contribution in [0.2, 0.25) is 0 Å². The molecule has 0 saturated carbocycles. The number of rotatable bonds is 5. The van der Waals surface area contributed by atoms with Gasteiger partial charge in [-0.1, -0.05) is 0 Å². The van der Waals surface area contributed by atoms with Crippen LogP contribution >= 0.6 is 0 Å². The minimum atomic E-state index is -1.70. The van der Waals surface area contributed by atoms with Gasteiger partial charge in [-0.2, -0.15) is 0 Å². The minimum absolute atomic E-state index is 0.615. The molecule has 0 radical (unpaired) electrons. The number of aliphatic hydroxyl groups excluding tert-OH is 7. The molecule has 0 aromatic heterocycles. The Balaban J connectivity index is 2.12. The quantitative estimate of drug-likeness (QED) is 0.251. The van der Waals surface area contributed by atoms with Gasteiger partial charge in [0.15, 0.2) is 12.6 Å². The summed E-state index contributed by atoms with van der Waals surface area (Å²) in [5, 5.41) is 67.9. The van der Waals surface area contributed by atoms with E-state index in [1.54, 1.807) is 0 Å². The number of ether oxygens (including phenoxy) is 4. The second kappa shape index (κ2) is 8.29. The van der Waals surface area contributed by atoms with Crippen LogP contribution in [0.15, 0.2) is 0 Å². The summed E-state index contributed by atoms with van der Waals surface area (Å²) in [7, 11) is 1.22. The third-order valence-electron chi connectivity index (χ3n) is 4.23. The van der Waals surface area contributed by atoms with Crippen molar-refractivity contribution in [2.24, 2.45) is 0 Å². The first-order valence-corrected chi connectivity index (χ1v) is 7.46. The molecule has 10 atom stereocenters. The predicted molar refractivity (Wildman–Crippen MR) is 73.4 cm³/mol. The van der Waals surface area contributed by atoms with Crippen molar-refractivity contribution in [1.29, 1.82) is 0 Å². The lowest BCUT2D eigenvalue weighted by atomic mass is 9.97. The second-order valence-corrected chi connectivity index (χ2v) is 5.74. The van der Waals surface area contributed by atoms with Gasteiger partial charge in [0.05, 0.1) is 13.2 Å². The average molecular weight is 356 g/mol. The molecule has 0 aromatic rings. The lowest BCUT2D eigenvalue weighted by molar-refractivity contribution is -0.363. The van der Waals surface area contributed by atoms with Crippen molar-refractivity contribution in [3.05, 3.63) is 0 Å². The standard InChI is InChI=1S/C13H24O11/c1-21-11-9(19)7(17)5(3-15)23-13(11)24-10-8(18)6(16)4(2-14)22-12(10)20/h4-20H,2-3H2,1H3/t4-,5-,6-,7-,8+,9+,10-,11-,12+,13-/m1/s1. The molecule has 11 heteroatoms. The van der Waals surface area contributed by atoms with Gasteiger partial charge in [-0.3, -0.25) is 0 Å². The first-order chi connectivity index (χ1) is 11.3. The maximum Gasteiger partial charge on any atom is 0.187 e. The van der Waals surface area contributed by atoms with Gasteiger partial charge in [0, 0.05) is 7.11 Å². The normalized spacial score (nSPS) is 50.0. The van der Waals surface area contributed by atoms with Crippen LogP contribution in [-0.4, -0.2) is 117 Å². The molecule has 2 aliphatic rings. The van der Waals surface area contributed by atoms with Crippen LogP contribution in [0.25, 0.3) is 0 Å². The summed E-state index contributed by atoms with van der Waals surface area (Å²) in [6.45, 7) is -1.24. The van der Waals surface area contributed by atoms with Crippen LogP contribution in [0.3, 0.4) is 0 Å². The van der Waals surface area contributed by atoms with Crippen molar-refractivity contribution in [3.63, 3.8) is 0 Å². The van der Waals surface area contributed by atoms with Crippen molar-refractivity contribution in [2.45, 2.75) is 61.4 Å². The van der Waals surface area contributed by atoms with E-state index in [2.05, 4.69) is 0 Å². The van der Waals surface area contributed by atoms with Crippen LogP contribution in [-0.2, 0) is 18.9 Å². The third kappa shape index (κ3) is 3.71. The molecule has 0 spiro atoms. The van der Waals surface area contributed by atoms with Gasteiger partial charge in [0.25, 0.3) is 0 Å². The number of hydrogen-bond donors (Lipinski definition) is 7. The monoisotopic (exact) mass is 356 g/mol. The van der Waals surface area contributed by atoms with E-state index in [-0.39, 0.29) is 0 Å². The fraction of sp³-hybridized carbons (Fsp3) is 1.00. The van der Waals surface area contributed by atoms with E-state index >= 15 is 0 Å². The zero-order chi connectivity index (χ0) is 18.0. The van der Waals surface area contributed by atoms with Crippen molar-refractivity contribution >= 4 is 0 Å². The Hall–Kier alpha value is -0.440. The highest BCUT2D eigenvalue weighted by molar-refractivity contribution is 4.93. The van der Waals surface area contributed by atoms with Crippen LogP contribution in [0, 0.1) is 0 Å². The number of methoxy groups -OCH3 is 1.